The lowest BCUT2D eigenvalue weighted by atomic mass is 10.1. The molecule has 2 N–H and O–H groups in total. The van der Waals surface area contributed by atoms with Crippen molar-refractivity contribution in [3.63, 3.8) is 0 Å². The Kier molecular flexibility index (Phi) is 8.04. The summed E-state index contributed by atoms with van der Waals surface area (Å²) in [5.41, 5.74) is 4.71. The molecule has 2 aliphatic rings. The van der Waals surface area contributed by atoms with E-state index >= 15 is 0 Å². The number of thioether (sulfide) groups is 1. The first-order valence-corrected chi connectivity index (χ1v) is 13.5. The summed E-state index contributed by atoms with van der Waals surface area (Å²) in [4.78, 5) is 31.2. The van der Waals surface area contributed by atoms with Gasteiger partial charge in [-0.15, -0.1) is 0 Å². The number of ether oxygens (including phenoxy) is 1. The fraction of sp³-hybridized carbons (Fsp3) is 0.267. The minimum atomic E-state index is -0.0757. The molecule has 0 aliphatic carbocycles. The highest BCUT2D eigenvalue weighted by Gasteiger charge is 2.29. The fourth-order valence-electron chi connectivity index (χ4n) is 4.66. The zero-order chi connectivity index (χ0) is 25.6. The molecular weight excluding hydrogens is 482 g/mol. The smallest absolute Gasteiger partial charge is 0.265 e. The summed E-state index contributed by atoms with van der Waals surface area (Å²) in [7, 11) is 0. The van der Waals surface area contributed by atoms with Gasteiger partial charge in [-0.25, -0.2) is 0 Å². The maximum absolute atomic E-state index is 13.6. The van der Waals surface area contributed by atoms with Crippen molar-refractivity contribution in [3.05, 3.63) is 100.0 Å². The Morgan fingerprint density at radius 3 is 2.62 bits per heavy atom. The van der Waals surface area contributed by atoms with Crippen molar-refractivity contribution >= 4 is 35.3 Å². The van der Waals surface area contributed by atoms with Crippen LogP contribution in [0.2, 0.25) is 0 Å². The van der Waals surface area contributed by atoms with Crippen LogP contribution in [0.25, 0.3) is 6.08 Å². The molecule has 190 valence electrons. The van der Waals surface area contributed by atoms with E-state index in [0.717, 1.165) is 54.6 Å². The lowest BCUT2D eigenvalue weighted by Gasteiger charge is -2.30. The molecular formula is C30H32N3O3S+. The predicted molar refractivity (Wildman–Crippen MR) is 148 cm³/mol. The second kappa shape index (κ2) is 11.8. The Morgan fingerprint density at radius 1 is 1.05 bits per heavy atom. The highest BCUT2D eigenvalue weighted by Crippen LogP contribution is 2.42. The lowest BCUT2D eigenvalue weighted by Crippen LogP contribution is -3.14. The van der Waals surface area contributed by atoms with Crippen molar-refractivity contribution in [1.82, 2.24) is 5.32 Å². The minimum Gasteiger partial charge on any atom is -0.370 e. The standard InChI is InChI=1S/C30H31N3O3S/c1-22-5-4-6-24(19-22)21-33-26-7-2-3-8-27(26)37-28(30(33)35)20-23-9-11-25(12-10-23)29(34)31-13-14-32-15-17-36-18-16-32/h2-12,19-20H,13-18,21H2,1H3,(H,31,34)/p+1. The van der Waals surface area contributed by atoms with Crippen LogP contribution in [0.1, 0.15) is 27.0 Å². The Bertz CT molecular complexity index is 1300. The van der Waals surface area contributed by atoms with Crippen LogP contribution in [-0.2, 0) is 16.1 Å². The Balaban J connectivity index is 1.28. The molecule has 0 unspecified atom stereocenters. The van der Waals surface area contributed by atoms with Crippen LogP contribution in [0.4, 0.5) is 5.69 Å². The summed E-state index contributed by atoms with van der Waals surface area (Å²) in [5.74, 6) is -0.0918. The quantitative estimate of drug-likeness (QED) is 0.475. The van der Waals surface area contributed by atoms with Crippen molar-refractivity contribution < 1.29 is 19.2 Å². The van der Waals surface area contributed by atoms with E-state index in [2.05, 4.69) is 36.5 Å². The first-order valence-electron chi connectivity index (χ1n) is 12.7. The molecule has 1 fully saturated rings. The van der Waals surface area contributed by atoms with E-state index in [4.69, 9.17) is 4.74 Å². The molecule has 0 bridgehead atoms. The molecule has 37 heavy (non-hydrogen) atoms. The number of benzene rings is 3. The summed E-state index contributed by atoms with van der Waals surface area (Å²) in [6.07, 6.45) is 1.91. The van der Waals surface area contributed by atoms with Crippen LogP contribution >= 0.6 is 11.8 Å². The number of para-hydroxylation sites is 1. The third kappa shape index (κ3) is 6.31. The van der Waals surface area contributed by atoms with Crippen molar-refractivity contribution in [2.24, 2.45) is 0 Å². The summed E-state index contributed by atoms with van der Waals surface area (Å²) in [6.45, 7) is 7.67. The zero-order valence-electron chi connectivity index (χ0n) is 21.0. The van der Waals surface area contributed by atoms with E-state index in [1.54, 1.807) is 0 Å². The zero-order valence-corrected chi connectivity index (χ0v) is 21.9. The molecule has 2 heterocycles. The van der Waals surface area contributed by atoms with E-state index in [-0.39, 0.29) is 11.8 Å². The summed E-state index contributed by atoms with van der Waals surface area (Å²) < 4.78 is 5.38. The Labute approximate surface area is 222 Å². The van der Waals surface area contributed by atoms with Gasteiger partial charge in [-0.05, 0) is 48.4 Å². The number of fused-ring (bicyclic) bond motifs is 1. The average molecular weight is 515 g/mol. The van der Waals surface area contributed by atoms with Crippen molar-refractivity contribution in [1.29, 1.82) is 0 Å². The first-order chi connectivity index (χ1) is 18.1. The van der Waals surface area contributed by atoms with Crippen LogP contribution < -0.4 is 15.1 Å². The number of rotatable bonds is 7. The van der Waals surface area contributed by atoms with Crippen LogP contribution in [0.5, 0.6) is 0 Å². The van der Waals surface area contributed by atoms with Gasteiger partial charge in [0, 0.05) is 10.5 Å². The maximum Gasteiger partial charge on any atom is 0.265 e. The van der Waals surface area contributed by atoms with Gasteiger partial charge >= 0.3 is 0 Å². The van der Waals surface area contributed by atoms with Gasteiger partial charge in [-0.3, -0.25) is 9.59 Å². The molecule has 2 aliphatic heterocycles. The molecule has 3 aromatic carbocycles. The minimum absolute atomic E-state index is 0.0161. The van der Waals surface area contributed by atoms with E-state index in [9.17, 15) is 9.59 Å². The highest BCUT2D eigenvalue weighted by atomic mass is 32.2. The number of nitrogens with zero attached hydrogens (tertiary/aromatic N) is 1. The van der Waals surface area contributed by atoms with Crippen molar-refractivity contribution in [2.45, 2.75) is 18.4 Å². The van der Waals surface area contributed by atoms with Gasteiger partial charge in [-0.1, -0.05) is 65.9 Å². The Morgan fingerprint density at radius 2 is 1.84 bits per heavy atom. The number of hydrogen-bond acceptors (Lipinski definition) is 4. The Hall–Kier alpha value is -3.39. The van der Waals surface area contributed by atoms with E-state index in [0.29, 0.717) is 23.6 Å². The summed E-state index contributed by atoms with van der Waals surface area (Å²) >= 11 is 1.49. The van der Waals surface area contributed by atoms with Gasteiger partial charge in [0.05, 0.1) is 43.4 Å². The molecule has 0 aromatic heterocycles. The number of anilines is 1. The third-order valence-corrected chi connectivity index (χ3v) is 7.77. The van der Waals surface area contributed by atoms with Gasteiger partial charge in [0.15, 0.2) is 0 Å². The topological polar surface area (TPSA) is 63.1 Å². The lowest BCUT2D eigenvalue weighted by molar-refractivity contribution is -0.906. The molecule has 3 aromatic rings. The number of morpholine rings is 1. The fourth-order valence-corrected chi connectivity index (χ4v) is 5.72. The second-order valence-electron chi connectivity index (χ2n) is 9.45. The van der Waals surface area contributed by atoms with Gasteiger partial charge in [0.25, 0.3) is 11.8 Å². The number of nitrogens with one attached hydrogen (secondary N) is 2. The van der Waals surface area contributed by atoms with E-state index in [1.165, 1.54) is 22.2 Å². The molecule has 0 spiro atoms. The van der Waals surface area contributed by atoms with E-state index < -0.39 is 0 Å². The van der Waals surface area contributed by atoms with Crippen LogP contribution in [0.15, 0.2) is 82.6 Å². The normalized spacial score (nSPS) is 17.1. The molecule has 5 rings (SSSR count). The molecule has 1 saturated heterocycles. The average Bonchev–Trinajstić information content (AvgIpc) is 2.92. The number of aryl methyl sites for hydroxylation is 1. The first kappa shape index (κ1) is 25.3. The molecule has 0 saturated carbocycles. The van der Waals surface area contributed by atoms with Gasteiger partial charge in [-0.2, -0.15) is 0 Å². The summed E-state index contributed by atoms with van der Waals surface area (Å²) in [5, 5.41) is 3.02. The van der Waals surface area contributed by atoms with Gasteiger partial charge in [0.1, 0.15) is 13.1 Å². The largest absolute Gasteiger partial charge is 0.370 e. The molecule has 0 radical (unpaired) electrons. The van der Waals surface area contributed by atoms with Crippen LogP contribution in [0, 0.1) is 6.92 Å². The second-order valence-corrected chi connectivity index (χ2v) is 10.5. The van der Waals surface area contributed by atoms with Gasteiger partial charge in [0.2, 0.25) is 0 Å². The number of hydrogen-bond donors (Lipinski definition) is 2. The maximum atomic E-state index is 13.6. The van der Waals surface area contributed by atoms with Crippen LogP contribution in [0.3, 0.4) is 0 Å². The van der Waals surface area contributed by atoms with E-state index in [1.807, 2.05) is 59.5 Å². The molecule has 7 heteroatoms. The van der Waals surface area contributed by atoms with Crippen LogP contribution in [-0.4, -0.2) is 51.2 Å². The number of quaternary nitrogens is 1. The molecule has 2 amide bonds. The third-order valence-electron chi connectivity index (χ3n) is 6.69. The summed E-state index contributed by atoms with van der Waals surface area (Å²) in [6, 6.07) is 23.7. The van der Waals surface area contributed by atoms with Crippen molar-refractivity contribution in [3.8, 4) is 0 Å². The SMILES string of the molecule is Cc1cccc(CN2C(=O)C(=Cc3ccc(C(=O)NCC[NH+]4CCOCC4)cc3)Sc3ccccc32)c1. The number of carbonyl (C=O) groups excluding carboxylic acids is 2. The van der Waals surface area contributed by atoms with Crippen molar-refractivity contribution in [2.75, 3.05) is 44.3 Å². The number of carbonyl (C=O) groups is 2. The monoisotopic (exact) mass is 514 g/mol. The molecule has 6 nitrogen and oxygen atoms in total. The predicted octanol–water partition coefficient (Wildman–Crippen LogP) is 3.32. The highest BCUT2D eigenvalue weighted by molar-refractivity contribution is 8.04. The van der Waals surface area contributed by atoms with Gasteiger partial charge < -0.3 is 19.9 Å². The molecule has 0 atom stereocenters. The number of amides is 2.